The molecule has 70 valence electrons. The van der Waals surface area contributed by atoms with Crippen molar-refractivity contribution in [2.75, 3.05) is 11.0 Å². The van der Waals surface area contributed by atoms with Crippen LogP contribution < -0.4 is 0 Å². The van der Waals surface area contributed by atoms with Gasteiger partial charge in [0.05, 0.1) is 11.0 Å². The Hall–Kier alpha value is -0.0600. The van der Waals surface area contributed by atoms with Gasteiger partial charge in [0.15, 0.2) is 0 Å². The van der Waals surface area contributed by atoms with Crippen LogP contribution in [0.3, 0.4) is 0 Å². The van der Waals surface area contributed by atoms with E-state index in [2.05, 4.69) is 20.4 Å². The third kappa shape index (κ3) is 5.57. The Morgan fingerprint density at radius 3 is 2.67 bits per heavy atom. The van der Waals surface area contributed by atoms with Crippen molar-refractivity contribution in [2.24, 2.45) is 5.41 Å². The van der Waals surface area contributed by atoms with Crippen LogP contribution in [0.1, 0.15) is 20.3 Å². The third-order valence-corrected chi connectivity index (χ3v) is 2.05. The van der Waals surface area contributed by atoms with Crippen molar-refractivity contribution in [3.05, 3.63) is 12.7 Å². The van der Waals surface area contributed by atoms with Gasteiger partial charge < -0.3 is 4.74 Å². The van der Waals surface area contributed by atoms with Gasteiger partial charge in [0.25, 0.3) is 0 Å². The zero-order valence-electron chi connectivity index (χ0n) is 7.60. The Labute approximate surface area is 87.5 Å². The predicted molar refractivity (Wildman–Crippen MR) is 58.4 cm³/mol. The smallest absolute Gasteiger partial charge is 0.315 e. The Morgan fingerprint density at radius 2 is 2.25 bits per heavy atom. The molecule has 0 aromatic heterocycles. The van der Waals surface area contributed by atoms with Gasteiger partial charge in [0.2, 0.25) is 0 Å². The predicted octanol–water partition coefficient (Wildman–Crippen LogP) is 2.57. The maximum Gasteiger partial charge on any atom is 0.315 e. The van der Waals surface area contributed by atoms with Gasteiger partial charge in [-0.25, -0.2) is 0 Å². The molecule has 0 heterocycles. The molecule has 0 aromatic carbocycles. The first-order valence-electron chi connectivity index (χ1n) is 3.84. The van der Waals surface area contributed by atoms with Crippen molar-refractivity contribution >= 4 is 28.6 Å². The summed E-state index contributed by atoms with van der Waals surface area (Å²) in [6, 6.07) is 0. The van der Waals surface area contributed by atoms with E-state index < -0.39 is 0 Å². The van der Waals surface area contributed by atoms with Gasteiger partial charge in [0.1, 0.15) is 0 Å². The lowest BCUT2D eigenvalue weighted by molar-refractivity contribution is -0.143. The van der Waals surface area contributed by atoms with Gasteiger partial charge in [-0.3, -0.25) is 4.79 Å². The van der Waals surface area contributed by atoms with Crippen LogP contribution in [0.2, 0.25) is 0 Å². The van der Waals surface area contributed by atoms with Crippen molar-refractivity contribution in [1.82, 2.24) is 0 Å². The summed E-state index contributed by atoms with van der Waals surface area (Å²) in [6.45, 7) is 8.23. The number of allylic oxidation sites excluding steroid dienone is 1. The molecule has 0 atom stereocenters. The molecule has 12 heavy (non-hydrogen) atoms. The normalized spacial score (nSPS) is 10.9. The van der Waals surface area contributed by atoms with E-state index in [9.17, 15) is 4.79 Å². The molecule has 0 spiro atoms. The van der Waals surface area contributed by atoms with Crippen molar-refractivity contribution in [3.8, 4) is 0 Å². The second-order valence-corrected chi connectivity index (χ2v) is 4.21. The summed E-state index contributed by atoms with van der Waals surface area (Å²) in [5.74, 6) is -0.146. The number of esters is 1. The van der Waals surface area contributed by atoms with Crippen LogP contribution >= 0.6 is 22.6 Å². The molecular formula is C9H15IO2. The molecule has 0 N–H and O–H groups in total. The average molecular weight is 282 g/mol. The zero-order valence-corrected chi connectivity index (χ0v) is 9.76. The van der Waals surface area contributed by atoms with Crippen LogP contribution in [0.5, 0.6) is 0 Å². The number of hydrogen-bond donors (Lipinski definition) is 0. The molecule has 0 unspecified atom stereocenters. The van der Waals surface area contributed by atoms with Crippen molar-refractivity contribution in [1.29, 1.82) is 0 Å². The molecule has 0 saturated heterocycles. The molecule has 0 radical (unpaired) electrons. The van der Waals surface area contributed by atoms with E-state index in [4.69, 9.17) is 4.74 Å². The Balaban J connectivity index is 3.74. The molecule has 2 nitrogen and oxygen atoms in total. The quantitative estimate of drug-likeness (QED) is 0.335. The largest absolute Gasteiger partial charge is 0.465 e. The first-order valence-corrected chi connectivity index (χ1v) is 5.37. The van der Waals surface area contributed by atoms with E-state index in [-0.39, 0.29) is 11.4 Å². The van der Waals surface area contributed by atoms with Gasteiger partial charge in [-0.2, -0.15) is 0 Å². The summed E-state index contributed by atoms with van der Waals surface area (Å²) in [5.41, 5.74) is 0.0171. The maximum absolute atomic E-state index is 10.8. The molecule has 0 saturated carbocycles. The van der Waals surface area contributed by atoms with Crippen molar-refractivity contribution in [2.45, 2.75) is 20.3 Å². The highest BCUT2D eigenvalue weighted by molar-refractivity contribution is 14.1. The van der Waals surface area contributed by atoms with E-state index in [0.717, 1.165) is 6.42 Å². The highest BCUT2D eigenvalue weighted by Crippen LogP contribution is 2.20. The van der Waals surface area contributed by atoms with Crippen LogP contribution in [0, 0.1) is 5.41 Å². The standard InChI is InChI=1S/C9H15IO2/c1-4-5-9(2,3)7-12-8(11)6-10/h4H,1,5-7H2,2-3H3. The van der Waals surface area contributed by atoms with Crippen LogP contribution in [0.15, 0.2) is 12.7 Å². The second-order valence-electron chi connectivity index (χ2n) is 3.45. The van der Waals surface area contributed by atoms with Gasteiger partial charge in [-0.1, -0.05) is 42.5 Å². The summed E-state index contributed by atoms with van der Waals surface area (Å²) in [7, 11) is 0. The number of carbonyl (C=O) groups excluding carboxylic acids is 1. The van der Waals surface area contributed by atoms with Crippen LogP contribution in [-0.4, -0.2) is 17.0 Å². The lowest BCUT2D eigenvalue weighted by atomic mass is 9.91. The second kappa shape index (κ2) is 5.56. The SMILES string of the molecule is C=CCC(C)(C)COC(=O)CI. The lowest BCUT2D eigenvalue weighted by Gasteiger charge is -2.21. The van der Waals surface area contributed by atoms with Gasteiger partial charge >= 0.3 is 5.97 Å². The number of halogens is 1. The summed E-state index contributed by atoms with van der Waals surface area (Å²) < 4.78 is 5.43. The van der Waals surface area contributed by atoms with E-state index in [1.807, 2.05) is 28.7 Å². The Kier molecular flexibility index (Phi) is 5.53. The van der Waals surface area contributed by atoms with E-state index >= 15 is 0 Å². The maximum atomic E-state index is 10.8. The van der Waals surface area contributed by atoms with Crippen LogP contribution in [0.4, 0.5) is 0 Å². The van der Waals surface area contributed by atoms with E-state index in [1.165, 1.54) is 0 Å². The topological polar surface area (TPSA) is 26.3 Å². The number of ether oxygens (including phenoxy) is 1. The Morgan fingerprint density at radius 1 is 1.67 bits per heavy atom. The van der Waals surface area contributed by atoms with E-state index in [1.54, 1.807) is 0 Å². The molecule has 0 aliphatic heterocycles. The average Bonchev–Trinajstić information content (AvgIpc) is 2.00. The summed E-state index contributed by atoms with van der Waals surface area (Å²) in [5, 5.41) is 0. The summed E-state index contributed by atoms with van der Waals surface area (Å²) in [6.07, 6.45) is 2.71. The minimum atomic E-state index is -0.146. The minimum Gasteiger partial charge on any atom is -0.465 e. The molecular weight excluding hydrogens is 267 g/mol. The van der Waals surface area contributed by atoms with Crippen molar-refractivity contribution in [3.63, 3.8) is 0 Å². The highest BCUT2D eigenvalue weighted by atomic mass is 127. The number of alkyl halides is 1. The number of rotatable bonds is 5. The van der Waals surface area contributed by atoms with E-state index in [0.29, 0.717) is 11.0 Å². The van der Waals surface area contributed by atoms with Gasteiger partial charge in [-0.05, 0) is 6.42 Å². The molecule has 0 fully saturated rings. The third-order valence-electron chi connectivity index (χ3n) is 1.43. The fourth-order valence-corrected chi connectivity index (χ4v) is 0.984. The monoisotopic (exact) mass is 282 g/mol. The van der Waals surface area contributed by atoms with Crippen molar-refractivity contribution < 1.29 is 9.53 Å². The molecule has 0 rings (SSSR count). The Bertz CT molecular complexity index is 164. The molecule has 0 amide bonds. The summed E-state index contributed by atoms with van der Waals surface area (Å²) in [4.78, 5) is 10.8. The zero-order chi connectivity index (χ0) is 9.61. The van der Waals surface area contributed by atoms with Crippen LogP contribution in [0.25, 0.3) is 0 Å². The highest BCUT2D eigenvalue weighted by Gasteiger charge is 2.17. The molecule has 0 aliphatic rings. The molecule has 3 heteroatoms. The lowest BCUT2D eigenvalue weighted by Crippen LogP contribution is -2.21. The fourth-order valence-electron chi connectivity index (χ4n) is 0.764. The van der Waals surface area contributed by atoms with Gasteiger partial charge in [-0.15, -0.1) is 6.58 Å². The molecule has 0 aliphatic carbocycles. The molecule has 0 aromatic rings. The first-order chi connectivity index (χ1) is 5.52. The van der Waals surface area contributed by atoms with Gasteiger partial charge in [0, 0.05) is 5.41 Å². The number of carbonyl (C=O) groups is 1. The van der Waals surface area contributed by atoms with Crippen LogP contribution in [-0.2, 0) is 9.53 Å². The molecule has 0 bridgehead atoms. The minimum absolute atomic E-state index is 0.0171. The fraction of sp³-hybridized carbons (Fsp3) is 0.667. The number of hydrogen-bond acceptors (Lipinski definition) is 2. The first kappa shape index (κ1) is 11.9. The summed E-state index contributed by atoms with van der Waals surface area (Å²) >= 11 is 1.99.